The third-order valence-electron chi connectivity index (χ3n) is 3.68. The van der Waals surface area contributed by atoms with Crippen molar-refractivity contribution in [1.29, 1.82) is 0 Å². The van der Waals surface area contributed by atoms with E-state index in [-0.39, 0.29) is 6.42 Å². The van der Waals surface area contributed by atoms with Crippen molar-refractivity contribution < 1.29 is 27.9 Å². The van der Waals surface area contributed by atoms with Crippen LogP contribution in [-0.2, 0) is 9.59 Å². The minimum atomic E-state index is -5.00. The monoisotopic (exact) mass is 251 g/mol. The van der Waals surface area contributed by atoms with Gasteiger partial charge in [0.2, 0.25) is 0 Å². The summed E-state index contributed by atoms with van der Waals surface area (Å²) in [5.74, 6) is -3.38. The number of carbonyl (C=O) groups excluding carboxylic acids is 1. The van der Waals surface area contributed by atoms with Crippen LogP contribution in [0.15, 0.2) is 0 Å². The largest absolute Gasteiger partial charge is 0.480 e. The molecule has 1 N–H and O–H groups in total. The molecule has 17 heavy (non-hydrogen) atoms. The average Bonchev–Trinajstić information content (AvgIpc) is 2.62. The van der Waals surface area contributed by atoms with Gasteiger partial charge in [0.1, 0.15) is 6.04 Å². The Kier molecular flexibility index (Phi) is 2.59. The molecular formula is C10H12F3NO3. The van der Waals surface area contributed by atoms with Gasteiger partial charge in [0.15, 0.2) is 0 Å². The number of carboxylic acids is 1. The molecule has 1 amide bonds. The molecule has 2 fully saturated rings. The van der Waals surface area contributed by atoms with Crippen LogP contribution in [0.3, 0.4) is 0 Å². The van der Waals surface area contributed by atoms with Crippen molar-refractivity contribution in [2.75, 3.05) is 0 Å². The van der Waals surface area contributed by atoms with Gasteiger partial charge in [-0.05, 0) is 12.8 Å². The zero-order chi connectivity index (χ0) is 12.8. The zero-order valence-corrected chi connectivity index (χ0v) is 8.96. The number of likely N-dealkylation sites (tertiary alicyclic amines) is 1. The summed E-state index contributed by atoms with van der Waals surface area (Å²) in [6.45, 7) is 0. The number of nitrogens with zero attached hydrogens (tertiary/aromatic N) is 1. The van der Waals surface area contributed by atoms with E-state index >= 15 is 0 Å². The molecule has 96 valence electrons. The molecule has 1 atom stereocenters. The Bertz CT molecular complexity index is 360. The third kappa shape index (κ3) is 1.77. The topological polar surface area (TPSA) is 57.6 Å². The standard InChI is InChI=1S/C10H12F3NO3/c11-10(12,13)8(17)14-6(7(15)16)5-9(14)3-1-2-4-9/h6H,1-5H2,(H,15,16). The van der Waals surface area contributed by atoms with E-state index in [4.69, 9.17) is 5.11 Å². The van der Waals surface area contributed by atoms with Crippen LogP contribution in [0.25, 0.3) is 0 Å². The average molecular weight is 251 g/mol. The molecule has 0 bridgehead atoms. The molecule has 1 saturated heterocycles. The highest BCUT2D eigenvalue weighted by Crippen LogP contribution is 2.49. The van der Waals surface area contributed by atoms with Crippen LogP contribution in [0.4, 0.5) is 13.2 Å². The molecule has 2 rings (SSSR count). The van der Waals surface area contributed by atoms with Crippen LogP contribution in [-0.4, -0.2) is 39.6 Å². The molecule has 1 unspecified atom stereocenters. The molecule has 0 aromatic heterocycles. The summed E-state index contributed by atoms with van der Waals surface area (Å²) in [7, 11) is 0. The summed E-state index contributed by atoms with van der Waals surface area (Å²) in [6, 6.07) is -1.32. The van der Waals surface area contributed by atoms with Gasteiger partial charge >= 0.3 is 18.1 Å². The third-order valence-corrected chi connectivity index (χ3v) is 3.68. The zero-order valence-electron chi connectivity index (χ0n) is 8.96. The second kappa shape index (κ2) is 3.61. The number of halogens is 3. The van der Waals surface area contributed by atoms with Crippen molar-refractivity contribution in [1.82, 2.24) is 4.90 Å². The minimum absolute atomic E-state index is 0.143. The number of alkyl halides is 3. The number of aliphatic carboxylic acids is 1. The van der Waals surface area contributed by atoms with Crippen LogP contribution >= 0.6 is 0 Å². The van der Waals surface area contributed by atoms with E-state index in [1.165, 1.54) is 0 Å². The quantitative estimate of drug-likeness (QED) is 0.769. The van der Waals surface area contributed by atoms with E-state index in [0.29, 0.717) is 17.7 Å². The highest BCUT2D eigenvalue weighted by Gasteiger charge is 2.62. The van der Waals surface area contributed by atoms with Crippen LogP contribution in [0.5, 0.6) is 0 Å². The first kappa shape index (κ1) is 12.2. The molecule has 1 aliphatic heterocycles. The SMILES string of the molecule is O=C(O)C1CC2(CCCC2)N1C(=O)C(F)(F)F. The summed E-state index contributed by atoms with van der Waals surface area (Å²) >= 11 is 0. The number of amides is 1. The highest BCUT2D eigenvalue weighted by atomic mass is 19.4. The molecule has 1 saturated carbocycles. The van der Waals surface area contributed by atoms with Crippen molar-refractivity contribution in [3.63, 3.8) is 0 Å². The van der Waals surface area contributed by atoms with Gasteiger partial charge < -0.3 is 10.0 Å². The predicted octanol–water partition coefficient (Wildman–Crippen LogP) is 1.55. The van der Waals surface area contributed by atoms with E-state index in [0.717, 1.165) is 12.8 Å². The van der Waals surface area contributed by atoms with E-state index in [1.807, 2.05) is 0 Å². The van der Waals surface area contributed by atoms with E-state index in [9.17, 15) is 22.8 Å². The molecule has 2 aliphatic rings. The molecule has 1 aliphatic carbocycles. The van der Waals surface area contributed by atoms with Crippen LogP contribution in [0.2, 0.25) is 0 Å². The first-order valence-corrected chi connectivity index (χ1v) is 5.41. The Morgan fingerprint density at radius 2 is 1.76 bits per heavy atom. The van der Waals surface area contributed by atoms with Crippen LogP contribution in [0.1, 0.15) is 32.1 Å². The Morgan fingerprint density at radius 1 is 1.24 bits per heavy atom. The fourth-order valence-electron chi connectivity index (χ4n) is 2.94. The van der Waals surface area contributed by atoms with Crippen molar-refractivity contribution in [2.45, 2.75) is 49.9 Å². The van der Waals surface area contributed by atoms with Crippen molar-refractivity contribution in [3.8, 4) is 0 Å². The minimum Gasteiger partial charge on any atom is -0.480 e. The Balaban J connectivity index is 2.24. The van der Waals surface area contributed by atoms with Crippen molar-refractivity contribution in [3.05, 3.63) is 0 Å². The summed E-state index contributed by atoms with van der Waals surface area (Å²) in [4.78, 5) is 22.6. The van der Waals surface area contributed by atoms with E-state index < -0.39 is 29.6 Å². The van der Waals surface area contributed by atoms with Gasteiger partial charge in [-0.15, -0.1) is 0 Å². The number of carbonyl (C=O) groups is 2. The molecule has 7 heteroatoms. The molecule has 0 aromatic carbocycles. The second-order valence-electron chi connectivity index (χ2n) is 4.66. The van der Waals surface area contributed by atoms with E-state index in [2.05, 4.69) is 0 Å². The molecule has 0 aromatic rings. The van der Waals surface area contributed by atoms with E-state index in [1.54, 1.807) is 0 Å². The first-order valence-electron chi connectivity index (χ1n) is 5.41. The number of carboxylic acid groups (broad SMARTS) is 1. The second-order valence-corrected chi connectivity index (χ2v) is 4.66. The number of hydrogen-bond acceptors (Lipinski definition) is 2. The van der Waals surface area contributed by atoms with Crippen molar-refractivity contribution in [2.24, 2.45) is 0 Å². The Morgan fingerprint density at radius 3 is 2.18 bits per heavy atom. The maximum absolute atomic E-state index is 12.4. The smallest absolute Gasteiger partial charge is 0.471 e. The highest BCUT2D eigenvalue weighted by molar-refractivity contribution is 5.90. The van der Waals surface area contributed by atoms with Crippen molar-refractivity contribution >= 4 is 11.9 Å². The number of rotatable bonds is 1. The molecule has 4 nitrogen and oxygen atoms in total. The summed E-state index contributed by atoms with van der Waals surface area (Å²) < 4.78 is 37.2. The lowest BCUT2D eigenvalue weighted by atomic mass is 9.76. The van der Waals surface area contributed by atoms with Gasteiger partial charge in [-0.2, -0.15) is 13.2 Å². The number of hydrogen-bond donors (Lipinski definition) is 1. The maximum atomic E-state index is 12.4. The fourth-order valence-corrected chi connectivity index (χ4v) is 2.94. The lowest BCUT2D eigenvalue weighted by Gasteiger charge is -2.55. The predicted molar refractivity (Wildman–Crippen MR) is 50.1 cm³/mol. The molecule has 1 spiro atoms. The fraction of sp³-hybridized carbons (Fsp3) is 0.800. The van der Waals surface area contributed by atoms with Gasteiger partial charge in [-0.1, -0.05) is 12.8 Å². The van der Waals surface area contributed by atoms with Gasteiger partial charge in [-0.3, -0.25) is 4.79 Å². The molecular weight excluding hydrogens is 239 g/mol. The Hall–Kier alpha value is -1.27. The summed E-state index contributed by atoms with van der Waals surface area (Å²) in [5.41, 5.74) is -0.852. The maximum Gasteiger partial charge on any atom is 0.471 e. The van der Waals surface area contributed by atoms with Gasteiger partial charge in [0.05, 0.1) is 0 Å². The molecule has 0 radical (unpaired) electrons. The van der Waals surface area contributed by atoms with Crippen LogP contribution in [0, 0.1) is 0 Å². The van der Waals surface area contributed by atoms with Crippen LogP contribution < -0.4 is 0 Å². The lowest BCUT2D eigenvalue weighted by Crippen LogP contribution is -2.71. The van der Waals surface area contributed by atoms with Gasteiger partial charge in [0, 0.05) is 12.0 Å². The van der Waals surface area contributed by atoms with Gasteiger partial charge in [-0.25, -0.2) is 4.79 Å². The summed E-state index contributed by atoms with van der Waals surface area (Å²) in [6.07, 6.45) is -2.42. The summed E-state index contributed by atoms with van der Waals surface area (Å²) in [5, 5.41) is 8.80. The Labute approximate surface area is 95.4 Å². The molecule has 1 heterocycles. The lowest BCUT2D eigenvalue weighted by molar-refractivity contribution is -0.211. The van der Waals surface area contributed by atoms with Gasteiger partial charge in [0.25, 0.3) is 0 Å². The normalized spacial score (nSPS) is 27.0. The first-order chi connectivity index (χ1) is 7.78.